The second-order valence-corrected chi connectivity index (χ2v) is 21.9. The first-order chi connectivity index (χ1) is 31.7. The first-order valence-electron chi connectivity index (χ1n) is 24.6. The van der Waals surface area contributed by atoms with Crippen LogP contribution in [0.15, 0.2) is 47.6 Å². The molecule has 0 aromatic rings. The Morgan fingerprint density at radius 1 is 0.881 bits per heavy atom. The van der Waals surface area contributed by atoms with Crippen molar-refractivity contribution in [2.24, 2.45) is 35.5 Å². The maximum atomic E-state index is 14.4. The number of piperidine rings is 1. The number of rotatable bonds is 7. The maximum absolute atomic E-state index is 14.4. The summed E-state index contributed by atoms with van der Waals surface area (Å²) in [5, 5.41) is 23.4. The van der Waals surface area contributed by atoms with Crippen molar-refractivity contribution < 1.29 is 62.4 Å². The monoisotopic (exact) mass is 959 g/mol. The Kier molecular flexibility index (Phi) is 22.0. The molecule has 4 rings (SSSR count). The molecule has 2 bridgehead atoms. The molecule has 1 amide bonds. The number of methoxy groups -OCH3 is 3. The average molecular weight is 959 g/mol. The molecule has 376 valence electrons. The van der Waals surface area contributed by atoms with Gasteiger partial charge in [0, 0.05) is 58.5 Å². The van der Waals surface area contributed by atoms with Crippen LogP contribution in [0.4, 0.5) is 0 Å². The van der Waals surface area contributed by atoms with Gasteiger partial charge >= 0.3 is 13.8 Å². The van der Waals surface area contributed by atoms with E-state index in [-0.39, 0.29) is 60.5 Å². The van der Waals surface area contributed by atoms with E-state index in [1.54, 1.807) is 47.7 Å². The number of carbonyl (C=O) groups is 5. The lowest BCUT2D eigenvalue weighted by Gasteiger charge is -2.42. The Morgan fingerprint density at radius 3 is 2.25 bits per heavy atom. The van der Waals surface area contributed by atoms with Gasteiger partial charge in [0.25, 0.3) is 11.7 Å². The molecule has 0 aromatic carbocycles. The van der Waals surface area contributed by atoms with E-state index in [0.29, 0.717) is 56.9 Å². The summed E-state index contributed by atoms with van der Waals surface area (Å²) in [4.78, 5) is 72.0. The normalized spacial score (nSPS) is 39.8. The van der Waals surface area contributed by atoms with E-state index in [0.717, 1.165) is 18.4 Å². The van der Waals surface area contributed by atoms with E-state index in [1.165, 1.54) is 12.0 Å². The topological polar surface area (TPSA) is 192 Å². The zero-order valence-corrected chi connectivity index (χ0v) is 42.9. The molecule has 2 N–H and O–H groups in total. The molecule has 4 aliphatic rings. The maximum Gasteiger partial charge on any atom is 0.341 e. The molecular formula is C52H81NO13P+. The summed E-state index contributed by atoms with van der Waals surface area (Å²) in [6.07, 6.45) is 12.2. The number of aliphatic hydroxyl groups excluding tert-OH is 1. The fraction of sp³-hybridized carbons (Fsp3) is 0.750. The first kappa shape index (κ1) is 56.4. The van der Waals surface area contributed by atoms with Crippen molar-refractivity contribution in [1.29, 1.82) is 0 Å². The highest BCUT2D eigenvalue weighted by Crippen LogP contribution is 2.42. The average Bonchev–Trinajstić information content (AvgIpc) is 3.30. The van der Waals surface area contributed by atoms with E-state index in [9.17, 15) is 38.8 Å². The number of ketones is 3. The number of allylic oxidation sites excluding steroid dienone is 6. The quantitative estimate of drug-likeness (QED) is 0.110. The Labute approximate surface area is 400 Å². The van der Waals surface area contributed by atoms with Gasteiger partial charge in [-0.2, -0.15) is 0 Å². The van der Waals surface area contributed by atoms with Gasteiger partial charge in [0.15, 0.2) is 11.4 Å². The van der Waals surface area contributed by atoms with Crippen molar-refractivity contribution >= 4 is 37.0 Å². The molecule has 1 aliphatic carbocycles. The number of ether oxygens (including phenoxy) is 5. The van der Waals surface area contributed by atoms with E-state index in [4.69, 9.17) is 23.7 Å². The van der Waals surface area contributed by atoms with Crippen molar-refractivity contribution in [2.75, 3.05) is 34.5 Å². The van der Waals surface area contributed by atoms with Gasteiger partial charge in [-0.25, -0.2) is 4.79 Å². The highest BCUT2D eigenvalue weighted by Gasteiger charge is 2.53. The number of aliphatic hydroxyl groups is 2. The van der Waals surface area contributed by atoms with Gasteiger partial charge in [-0.15, -0.1) is 0 Å². The minimum absolute atomic E-state index is 0.0171. The number of cyclic esters (lactones) is 1. The fourth-order valence-electron chi connectivity index (χ4n) is 10.5. The lowest BCUT2D eigenvalue weighted by atomic mass is 9.79. The molecule has 0 spiro atoms. The Balaban J connectivity index is 1.71. The number of hydrogen-bond acceptors (Lipinski definition) is 13. The van der Waals surface area contributed by atoms with Crippen LogP contribution in [0.5, 0.6) is 0 Å². The van der Waals surface area contributed by atoms with Gasteiger partial charge in [-0.1, -0.05) is 75.6 Å². The van der Waals surface area contributed by atoms with Gasteiger partial charge < -0.3 is 38.8 Å². The summed E-state index contributed by atoms with van der Waals surface area (Å²) < 4.78 is 42.2. The van der Waals surface area contributed by atoms with E-state index >= 15 is 0 Å². The van der Waals surface area contributed by atoms with E-state index in [1.807, 2.05) is 58.1 Å². The predicted molar refractivity (Wildman–Crippen MR) is 256 cm³/mol. The highest BCUT2D eigenvalue weighted by molar-refractivity contribution is 7.44. The lowest BCUT2D eigenvalue weighted by molar-refractivity contribution is -0.265. The molecule has 3 heterocycles. The highest BCUT2D eigenvalue weighted by atomic mass is 31.1. The smallest absolute Gasteiger partial charge is 0.341 e. The molecule has 3 aliphatic heterocycles. The Hall–Kier alpha value is -3.23. The fourth-order valence-corrected chi connectivity index (χ4v) is 11.8. The number of fused-ring (bicyclic) bond motifs is 3. The van der Waals surface area contributed by atoms with Crippen molar-refractivity contribution in [2.45, 2.75) is 180 Å². The third kappa shape index (κ3) is 14.9. The van der Waals surface area contributed by atoms with Gasteiger partial charge in [0.2, 0.25) is 5.79 Å². The molecule has 1 saturated carbocycles. The van der Waals surface area contributed by atoms with Crippen LogP contribution in [-0.4, -0.2) is 133 Å². The van der Waals surface area contributed by atoms with Gasteiger partial charge in [0.1, 0.15) is 42.9 Å². The molecule has 67 heavy (non-hydrogen) atoms. The molecule has 0 aromatic heterocycles. The lowest BCUT2D eigenvalue weighted by Crippen LogP contribution is -2.61. The molecule has 15 heteroatoms. The number of esters is 1. The van der Waals surface area contributed by atoms with Crippen LogP contribution in [0.25, 0.3) is 0 Å². The SMILES string of the molecule is CO[C@H]1C[C@@H]2CC[C@@H](C)[C@@](O)(O2)C(=O)C(=O)N2CCCCC2C(=O)O[C@H]([C@H](C)C[C@@H]2CCC([P+](C)=O)[C@H](OC)C2)CC(=O)[C@H](C)/C=C(\C)[C@@H](O)[C@@H](OC)C(=O)[C@H](C)C[C@H](C)/C=C/C=C/C=C/1C. The summed E-state index contributed by atoms with van der Waals surface area (Å²) in [6, 6.07) is -1.14. The zero-order chi connectivity index (χ0) is 49.7. The second-order valence-electron chi connectivity index (χ2n) is 20.1. The van der Waals surface area contributed by atoms with Crippen molar-refractivity contribution in [3.05, 3.63) is 47.6 Å². The second kappa shape index (κ2) is 26.1. The largest absolute Gasteiger partial charge is 0.460 e. The zero-order valence-electron chi connectivity index (χ0n) is 42.0. The van der Waals surface area contributed by atoms with Crippen LogP contribution < -0.4 is 0 Å². The van der Waals surface area contributed by atoms with Crippen molar-refractivity contribution in [3.8, 4) is 0 Å². The number of carbonyl (C=O) groups excluding carboxylic acids is 5. The van der Waals surface area contributed by atoms with E-state index in [2.05, 4.69) is 0 Å². The third-order valence-electron chi connectivity index (χ3n) is 14.9. The standard InChI is InChI=1S/C52H81NO13P/c1-31-17-13-12-14-18-32(2)42(62-8)29-39-22-20-37(7)52(60,66-39)49(57)50(58)53-24-16-15-19-40(53)51(59)65-43(34(4)27-38-21-23-45(67(11)61)44(28-38)63-9)30-41(54)33(3)26-36(6)47(56)48(64-10)46(55)35(5)25-31/h12-14,17-18,26,31,33-35,37-40,42-45,47-48,56,60H,15-16,19-25,27-30H2,1-11H3/q+1/b14-12+,17-13+,32-18+,36-26+/t31-,33-,34-,35-,37-,38+,39+,40?,42+,43+,44-,45?,47-,48+,52-/m1/s1. The van der Waals surface area contributed by atoms with Crippen molar-refractivity contribution in [1.82, 2.24) is 4.90 Å². The van der Waals surface area contributed by atoms with Crippen LogP contribution >= 0.6 is 7.80 Å². The predicted octanol–water partition coefficient (Wildman–Crippen LogP) is 7.65. The minimum Gasteiger partial charge on any atom is -0.460 e. The van der Waals surface area contributed by atoms with Gasteiger partial charge in [0.05, 0.1) is 12.2 Å². The Bertz CT molecular complexity index is 1860. The molecule has 16 atom stereocenters. The summed E-state index contributed by atoms with van der Waals surface area (Å²) in [5.41, 5.74) is 1.21. The minimum atomic E-state index is -2.43. The number of nitrogens with zero attached hydrogens (tertiary/aromatic N) is 1. The first-order valence-corrected chi connectivity index (χ1v) is 26.3. The summed E-state index contributed by atoms with van der Waals surface area (Å²) in [5.74, 6) is -7.95. The third-order valence-corrected chi connectivity index (χ3v) is 16.5. The van der Waals surface area contributed by atoms with Gasteiger partial charge in [-0.3, -0.25) is 19.2 Å². The number of Topliss-reactive ketones (excluding diaryl/α,β-unsaturated/α-hetero) is 3. The van der Waals surface area contributed by atoms with Crippen LogP contribution in [0.3, 0.4) is 0 Å². The van der Waals surface area contributed by atoms with Crippen LogP contribution in [0, 0.1) is 35.5 Å². The molecule has 3 unspecified atom stereocenters. The molecule has 3 fully saturated rings. The number of amides is 1. The molecule has 14 nitrogen and oxygen atoms in total. The number of hydrogen-bond donors (Lipinski definition) is 2. The van der Waals surface area contributed by atoms with Crippen LogP contribution in [-0.2, 0) is 52.2 Å². The van der Waals surface area contributed by atoms with Crippen LogP contribution in [0.1, 0.15) is 126 Å². The Morgan fingerprint density at radius 2 is 1.60 bits per heavy atom. The summed E-state index contributed by atoms with van der Waals surface area (Å²) in [6.45, 7) is 14.5. The molecule has 2 saturated heterocycles. The van der Waals surface area contributed by atoms with Crippen molar-refractivity contribution in [3.63, 3.8) is 0 Å². The summed E-state index contributed by atoms with van der Waals surface area (Å²) in [7, 11) is 3.13. The molecule has 0 radical (unpaired) electrons. The van der Waals surface area contributed by atoms with Gasteiger partial charge in [-0.05, 0) is 107 Å². The molecular weight excluding hydrogens is 878 g/mol. The van der Waals surface area contributed by atoms with Crippen LogP contribution in [0.2, 0.25) is 0 Å². The summed E-state index contributed by atoms with van der Waals surface area (Å²) >= 11 is 0. The van der Waals surface area contributed by atoms with E-state index < -0.39 is 85.6 Å².